The summed E-state index contributed by atoms with van der Waals surface area (Å²) in [5, 5.41) is 19.4. The Hall–Kier alpha value is -4.19. The fourth-order valence-corrected chi connectivity index (χ4v) is 3.63. The van der Waals surface area contributed by atoms with E-state index in [1.165, 1.54) is 25.3 Å². The van der Waals surface area contributed by atoms with Gasteiger partial charge in [0.25, 0.3) is 11.6 Å². The van der Waals surface area contributed by atoms with Crippen molar-refractivity contribution in [3.05, 3.63) is 94.0 Å². The lowest BCUT2D eigenvalue weighted by Crippen LogP contribution is -2.53. The quantitative estimate of drug-likeness (QED) is 0.217. The second kappa shape index (κ2) is 10.6. The highest BCUT2D eigenvalue weighted by Gasteiger charge is 2.36. The number of carbonyl (C=O) groups excluding carboxylic acids is 1. The summed E-state index contributed by atoms with van der Waals surface area (Å²) in [6.45, 7) is 1.54. The number of benzene rings is 3. The highest BCUT2D eigenvalue weighted by atomic mass is 32.1. The van der Waals surface area contributed by atoms with Crippen LogP contribution in [0.1, 0.15) is 18.1 Å². The first-order chi connectivity index (χ1) is 16.9. The topological polar surface area (TPSA) is 106 Å². The molecule has 0 saturated carbocycles. The van der Waals surface area contributed by atoms with Crippen molar-refractivity contribution >= 4 is 40.3 Å². The number of anilines is 2. The summed E-state index contributed by atoms with van der Waals surface area (Å²) in [6.07, 6.45) is -4.51. The molecular formula is C24H21F3N4O4S. The van der Waals surface area contributed by atoms with E-state index in [0.717, 1.165) is 24.3 Å². The molecule has 1 unspecified atom stereocenters. The molecule has 0 heterocycles. The maximum atomic E-state index is 13.4. The molecule has 12 heteroatoms. The molecule has 0 aromatic heterocycles. The minimum atomic E-state index is -4.51. The third kappa shape index (κ3) is 6.08. The lowest BCUT2D eigenvalue weighted by molar-refractivity contribution is -0.384. The van der Waals surface area contributed by atoms with Gasteiger partial charge in [-0.15, -0.1) is 0 Å². The molecule has 3 N–H and O–H groups in total. The molecule has 188 valence electrons. The van der Waals surface area contributed by atoms with Gasteiger partial charge in [-0.2, -0.15) is 13.2 Å². The van der Waals surface area contributed by atoms with Crippen molar-refractivity contribution in [1.29, 1.82) is 0 Å². The first kappa shape index (κ1) is 26.4. The number of carbonyl (C=O) groups is 1. The van der Waals surface area contributed by atoms with Crippen LogP contribution in [0.15, 0.2) is 72.8 Å². The van der Waals surface area contributed by atoms with Crippen molar-refractivity contribution in [2.45, 2.75) is 18.6 Å². The summed E-state index contributed by atoms with van der Waals surface area (Å²) in [6, 6.07) is 16.5. The molecule has 1 atom stereocenters. The van der Waals surface area contributed by atoms with Crippen LogP contribution in [-0.2, 0) is 16.5 Å². The van der Waals surface area contributed by atoms with Crippen molar-refractivity contribution in [2.24, 2.45) is 0 Å². The molecule has 36 heavy (non-hydrogen) atoms. The predicted octanol–water partition coefficient (Wildman–Crippen LogP) is 5.46. The number of alkyl halides is 3. The Labute approximate surface area is 209 Å². The highest BCUT2D eigenvalue weighted by Crippen LogP contribution is 2.31. The van der Waals surface area contributed by atoms with E-state index >= 15 is 0 Å². The normalized spacial score (nSPS) is 12.7. The number of nitrogens with zero attached hydrogens (tertiary/aromatic N) is 1. The summed E-state index contributed by atoms with van der Waals surface area (Å²) in [7, 11) is 1.38. The van der Waals surface area contributed by atoms with Crippen LogP contribution in [0, 0.1) is 10.1 Å². The van der Waals surface area contributed by atoms with Crippen LogP contribution in [-0.4, -0.2) is 23.1 Å². The Bertz CT molecular complexity index is 1270. The van der Waals surface area contributed by atoms with E-state index in [9.17, 15) is 28.1 Å². The van der Waals surface area contributed by atoms with Gasteiger partial charge in [-0.25, -0.2) is 0 Å². The van der Waals surface area contributed by atoms with Gasteiger partial charge < -0.3 is 20.7 Å². The molecule has 3 aromatic carbocycles. The van der Waals surface area contributed by atoms with Crippen LogP contribution < -0.4 is 20.7 Å². The monoisotopic (exact) mass is 518 g/mol. The van der Waals surface area contributed by atoms with Crippen LogP contribution in [0.25, 0.3) is 0 Å². The zero-order valence-electron chi connectivity index (χ0n) is 19.1. The van der Waals surface area contributed by atoms with Gasteiger partial charge in [-0.05, 0) is 55.0 Å². The lowest BCUT2D eigenvalue weighted by atomic mass is 9.91. The summed E-state index contributed by atoms with van der Waals surface area (Å²) in [4.78, 5) is 24.0. The number of methoxy groups -OCH3 is 1. The highest BCUT2D eigenvalue weighted by molar-refractivity contribution is 7.80. The molecular weight excluding hydrogens is 497 g/mol. The number of hydrogen-bond acceptors (Lipinski definition) is 5. The average Bonchev–Trinajstić information content (AvgIpc) is 2.84. The van der Waals surface area contributed by atoms with Gasteiger partial charge in [0.05, 0.1) is 23.3 Å². The first-order valence-electron chi connectivity index (χ1n) is 10.4. The van der Waals surface area contributed by atoms with Crippen LogP contribution in [0.5, 0.6) is 5.75 Å². The van der Waals surface area contributed by atoms with Gasteiger partial charge in [0.15, 0.2) is 5.11 Å². The van der Waals surface area contributed by atoms with Crippen LogP contribution >= 0.6 is 12.2 Å². The van der Waals surface area contributed by atoms with Gasteiger partial charge in [0.1, 0.15) is 11.3 Å². The number of nitro benzene ring substituents is 1. The fourth-order valence-electron chi connectivity index (χ4n) is 3.32. The molecule has 0 spiro atoms. The van der Waals surface area contributed by atoms with Gasteiger partial charge in [-0.1, -0.05) is 30.3 Å². The van der Waals surface area contributed by atoms with E-state index in [-0.39, 0.29) is 27.9 Å². The number of thiocarbonyl (C=S) groups is 1. The predicted molar refractivity (Wildman–Crippen MR) is 133 cm³/mol. The molecule has 0 bridgehead atoms. The molecule has 0 radical (unpaired) electrons. The number of nitro groups is 1. The third-order valence-corrected chi connectivity index (χ3v) is 5.49. The zero-order chi connectivity index (χ0) is 26.5. The number of ether oxygens (including phenoxy) is 1. The van der Waals surface area contributed by atoms with E-state index in [2.05, 4.69) is 16.0 Å². The molecule has 0 aliphatic carbocycles. The van der Waals surface area contributed by atoms with Crippen LogP contribution in [0.2, 0.25) is 0 Å². The van der Waals surface area contributed by atoms with Crippen LogP contribution in [0.3, 0.4) is 0 Å². The Kier molecular flexibility index (Phi) is 7.78. The minimum absolute atomic E-state index is 0.0530. The SMILES string of the molecule is COc1ccc([N+](=O)[O-])cc1NC(=S)NC(C)(C(=O)Nc1ccc(C(F)(F)F)cc1)c1ccccc1. The number of nitrogens with one attached hydrogen (secondary N) is 3. The van der Waals surface area contributed by atoms with E-state index in [0.29, 0.717) is 5.56 Å². The van der Waals surface area contributed by atoms with E-state index in [1.54, 1.807) is 37.3 Å². The number of amides is 1. The Morgan fingerprint density at radius 2 is 1.61 bits per heavy atom. The molecule has 0 fully saturated rings. The number of halogens is 3. The number of hydrogen-bond donors (Lipinski definition) is 3. The maximum absolute atomic E-state index is 13.4. The minimum Gasteiger partial charge on any atom is -0.495 e. The van der Waals surface area contributed by atoms with Crippen molar-refractivity contribution in [3.63, 3.8) is 0 Å². The van der Waals surface area contributed by atoms with E-state index < -0.39 is 28.1 Å². The largest absolute Gasteiger partial charge is 0.495 e. The van der Waals surface area contributed by atoms with Gasteiger partial charge in [-0.3, -0.25) is 14.9 Å². The summed E-state index contributed by atoms with van der Waals surface area (Å²) in [5.74, 6) is -0.330. The number of non-ortho nitro benzene ring substituents is 1. The maximum Gasteiger partial charge on any atom is 0.416 e. The first-order valence-corrected chi connectivity index (χ1v) is 10.8. The Morgan fingerprint density at radius 1 is 0.972 bits per heavy atom. The average molecular weight is 519 g/mol. The molecule has 3 aromatic rings. The molecule has 0 saturated heterocycles. The fraction of sp³-hybridized carbons (Fsp3) is 0.167. The van der Waals surface area contributed by atoms with Gasteiger partial charge in [0, 0.05) is 17.8 Å². The molecule has 1 amide bonds. The second-order valence-corrected chi connectivity index (χ2v) is 8.15. The van der Waals surface area contributed by atoms with Gasteiger partial charge >= 0.3 is 6.18 Å². The van der Waals surface area contributed by atoms with Crippen molar-refractivity contribution in [1.82, 2.24) is 5.32 Å². The Morgan fingerprint density at radius 3 is 2.17 bits per heavy atom. The third-order valence-electron chi connectivity index (χ3n) is 5.28. The van der Waals surface area contributed by atoms with Crippen molar-refractivity contribution in [2.75, 3.05) is 17.7 Å². The van der Waals surface area contributed by atoms with Crippen molar-refractivity contribution < 1.29 is 27.6 Å². The van der Waals surface area contributed by atoms with E-state index in [4.69, 9.17) is 17.0 Å². The standard InChI is InChI=1S/C24H21F3N4O4S/c1-23(15-6-4-3-5-7-15,21(32)28-17-10-8-16(9-11-17)24(25,26)27)30-22(36)29-19-14-18(31(33)34)12-13-20(19)35-2/h3-14H,1-2H3,(H,28,32)(H2,29,30,36). The molecule has 8 nitrogen and oxygen atoms in total. The summed E-state index contributed by atoms with van der Waals surface area (Å²) >= 11 is 5.39. The zero-order valence-corrected chi connectivity index (χ0v) is 19.9. The van der Waals surface area contributed by atoms with Crippen molar-refractivity contribution in [3.8, 4) is 5.75 Å². The molecule has 0 aliphatic rings. The summed E-state index contributed by atoms with van der Waals surface area (Å²) < 4.78 is 43.8. The van der Waals surface area contributed by atoms with Gasteiger partial charge in [0.2, 0.25) is 0 Å². The lowest BCUT2D eigenvalue weighted by Gasteiger charge is -2.31. The second-order valence-electron chi connectivity index (χ2n) is 7.74. The van der Waals surface area contributed by atoms with Crippen LogP contribution in [0.4, 0.5) is 30.2 Å². The molecule has 3 rings (SSSR count). The Balaban J connectivity index is 1.88. The molecule has 0 aliphatic heterocycles. The van der Waals surface area contributed by atoms with E-state index in [1.807, 2.05) is 0 Å². The number of rotatable bonds is 7. The smallest absolute Gasteiger partial charge is 0.416 e. The summed E-state index contributed by atoms with van der Waals surface area (Å²) in [5.41, 5.74) is -1.68.